The quantitative estimate of drug-likeness (QED) is 0.810. The molecular formula is C18H19NO. The minimum Gasteiger partial charge on any atom is -0.494 e. The number of hydrogen-bond donors (Lipinski definition) is 0. The van der Waals surface area contributed by atoms with E-state index in [9.17, 15) is 5.26 Å². The van der Waals surface area contributed by atoms with E-state index in [1.54, 1.807) is 0 Å². The van der Waals surface area contributed by atoms with Crippen molar-refractivity contribution >= 4 is 0 Å². The van der Waals surface area contributed by atoms with Crippen LogP contribution in [0.15, 0.2) is 48.5 Å². The summed E-state index contributed by atoms with van der Waals surface area (Å²) >= 11 is 0. The molecule has 0 radical (unpaired) electrons. The summed E-state index contributed by atoms with van der Waals surface area (Å²) in [7, 11) is 0. The third kappa shape index (κ3) is 3.39. The molecule has 0 spiro atoms. The van der Waals surface area contributed by atoms with Crippen LogP contribution in [0.5, 0.6) is 5.75 Å². The van der Waals surface area contributed by atoms with Crippen LogP contribution in [0.2, 0.25) is 0 Å². The molecule has 0 N–H and O–H groups in total. The molecule has 0 aromatic heterocycles. The van der Waals surface area contributed by atoms with Crippen molar-refractivity contribution < 1.29 is 4.74 Å². The highest BCUT2D eigenvalue weighted by molar-refractivity contribution is 5.37. The number of para-hydroxylation sites is 1. The monoisotopic (exact) mass is 265 g/mol. The van der Waals surface area contributed by atoms with Gasteiger partial charge in [0.2, 0.25) is 0 Å². The highest BCUT2D eigenvalue weighted by atomic mass is 16.5. The number of hydrogen-bond acceptors (Lipinski definition) is 2. The highest BCUT2D eigenvalue weighted by Gasteiger charge is 2.14. The Kier molecular flexibility index (Phi) is 4.79. The Morgan fingerprint density at radius 2 is 1.80 bits per heavy atom. The number of nitrogens with zero attached hydrogens (tertiary/aromatic N) is 1. The Morgan fingerprint density at radius 3 is 2.45 bits per heavy atom. The van der Waals surface area contributed by atoms with Gasteiger partial charge in [0.25, 0.3) is 0 Å². The first-order chi connectivity index (χ1) is 9.74. The van der Waals surface area contributed by atoms with E-state index in [0.717, 1.165) is 16.9 Å². The molecule has 20 heavy (non-hydrogen) atoms. The smallest absolute Gasteiger partial charge is 0.122 e. The Labute approximate surface area is 120 Å². The Hall–Kier alpha value is -2.27. The van der Waals surface area contributed by atoms with E-state index in [1.165, 1.54) is 5.56 Å². The van der Waals surface area contributed by atoms with Gasteiger partial charge in [0.15, 0.2) is 0 Å². The summed E-state index contributed by atoms with van der Waals surface area (Å²) in [6.07, 6.45) is 0.676. The molecule has 0 saturated carbocycles. The van der Waals surface area contributed by atoms with Gasteiger partial charge in [0.1, 0.15) is 5.75 Å². The molecule has 0 heterocycles. The van der Waals surface area contributed by atoms with E-state index < -0.39 is 0 Å². The molecule has 0 aliphatic carbocycles. The van der Waals surface area contributed by atoms with E-state index in [2.05, 4.69) is 13.0 Å². The summed E-state index contributed by atoms with van der Waals surface area (Å²) in [6.45, 7) is 4.66. The Morgan fingerprint density at radius 1 is 1.10 bits per heavy atom. The summed E-state index contributed by atoms with van der Waals surface area (Å²) < 4.78 is 5.63. The standard InChI is InChI=1S/C18H19NO/c1-3-20-18-7-5-4-6-16(18)12-17(13-19)15-10-8-14(2)9-11-15/h4-11,17H,3,12H2,1-2H3. The summed E-state index contributed by atoms with van der Waals surface area (Å²) in [6, 6.07) is 18.5. The van der Waals surface area contributed by atoms with Crippen molar-refractivity contribution in [1.82, 2.24) is 0 Å². The van der Waals surface area contributed by atoms with Crippen molar-refractivity contribution in [2.75, 3.05) is 6.61 Å². The number of rotatable bonds is 5. The zero-order chi connectivity index (χ0) is 14.4. The van der Waals surface area contributed by atoms with Crippen LogP contribution >= 0.6 is 0 Å². The van der Waals surface area contributed by atoms with Gasteiger partial charge in [-0.3, -0.25) is 0 Å². The van der Waals surface area contributed by atoms with Gasteiger partial charge < -0.3 is 4.74 Å². The van der Waals surface area contributed by atoms with Crippen molar-refractivity contribution in [3.63, 3.8) is 0 Å². The van der Waals surface area contributed by atoms with Crippen molar-refractivity contribution in [3.05, 3.63) is 65.2 Å². The zero-order valence-corrected chi connectivity index (χ0v) is 12.0. The SMILES string of the molecule is CCOc1ccccc1CC(C#N)c1ccc(C)cc1. The molecule has 0 aliphatic rings. The maximum Gasteiger partial charge on any atom is 0.122 e. The van der Waals surface area contributed by atoms with E-state index in [4.69, 9.17) is 4.74 Å². The maximum atomic E-state index is 9.44. The van der Waals surface area contributed by atoms with Crippen LogP contribution in [0, 0.1) is 18.3 Å². The van der Waals surface area contributed by atoms with Crippen molar-refractivity contribution in [2.24, 2.45) is 0 Å². The van der Waals surface area contributed by atoms with Crippen LogP contribution in [0.1, 0.15) is 29.5 Å². The summed E-state index contributed by atoms with van der Waals surface area (Å²) in [5.74, 6) is 0.736. The number of nitriles is 1. The second-order valence-electron chi connectivity index (χ2n) is 4.84. The van der Waals surface area contributed by atoms with Crippen LogP contribution in [0.3, 0.4) is 0 Å². The van der Waals surface area contributed by atoms with E-state index in [0.29, 0.717) is 13.0 Å². The van der Waals surface area contributed by atoms with Crippen LogP contribution in [0.4, 0.5) is 0 Å². The summed E-state index contributed by atoms with van der Waals surface area (Å²) in [5.41, 5.74) is 3.35. The van der Waals surface area contributed by atoms with Crippen LogP contribution in [-0.2, 0) is 6.42 Å². The Bertz CT molecular complexity index is 596. The van der Waals surface area contributed by atoms with Crippen LogP contribution in [0.25, 0.3) is 0 Å². The molecule has 0 fully saturated rings. The minimum atomic E-state index is -0.141. The maximum absolute atomic E-state index is 9.44. The largest absolute Gasteiger partial charge is 0.494 e. The van der Waals surface area contributed by atoms with Crippen LogP contribution in [-0.4, -0.2) is 6.61 Å². The molecule has 0 bridgehead atoms. The van der Waals surface area contributed by atoms with Crippen LogP contribution < -0.4 is 4.74 Å². The lowest BCUT2D eigenvalue weighted by molar-refractivity contribution is 0.336. The normalized spacial score (nSPS) is 11.7. The lowest BCUT2D eigenvalue weighted by Crippen LogP contribution is -2.03. The van der Waals surface area contributed by atoms with Gasteiger partial charge in [0.05, 0.1) is 18.6 Å². The Balaban J connectivity index is 2.23. The van der Waals surface area contributed by atoms with Gasteiger partial charge in [-0.1, -0.05) is 48.0 Å². The first-order valence-corrected chi connectivity index (χ1v) is 6.91. The molecule has 2 aromatic carbocycles. The fraction of sp³-hybridized carbons (Fsp3) is 0.278. The third-order valence-corrected chi connectivity index (χ3v) is 3.33. The molecule has 2 heteroatoms. The molecule has 2 rings (SSSR count). The lowest BCUT2D eigenvalue weighted by Gasteiger charge is -2.13. The van der Waals surface area contributed by atoms with Crippen molar-refractivity contribution in [2.45, 2.75) is 26.2 Å². The van der Waals surface area contributed by atoms with Gasteiger partial charge >= 0.3 is 0 Å². The summed E-state index contributed by atoms with van der Waals surface area (Å²) in [4.78, 5) is 0. The first-order valence-electron chi connectivity index (χ1n) is 6.91. The molecule has 2 nitrogen and oxygen atoms in total. The predicted octanol–water partition coefficient (Wildman–Crippen LogP) is 4.24. The predicted molar refractivity (Wildman–Crippen MR) is 80.8 cm³/mol. The molecule has 0 amide bonds. The molecule has 0 aliphatic heterocycles. The highest BCUT2D eigenvalue weighted by Crippen LogP contribution is 2.26. The first kappa shape index (κ1) is 14.1. The molecular weight excluding hydrogens is 246 g/mol. The second-order valence-corrected chi connectivity index (χ2v) is 4.84. The molecule has 102 valence electrons. The minimum absolute atomic E-state index is 0.141. The number of benzene rings is 2. The van der Waals surface area contributed by atoms with E-state index in [1.807, 2.05) is 55.5 Å². The van der Waals surface area contributed by atoms with Gasteiger partial charge in [-0.2, -0.15) is 5.26 Å². The molecule has 0 saturated heterocycles. The fourth-order valence-corrected chi connectivity index (χ4v) is 2.23. The van der Waals surface area contributed by atoms with Crippen molar-refractivity contribution in [3.8, 4) is 11.8 Å². The fourth-order valence-electron chi connectivity index (χ4n) is 2.23. The van der Waals surface area contributed by atoms with Gasteiger partial charge in [0, 0.05) is 0 Å². The van der Waals surface area contributed by atoms with Gasteiger partial charge in [-0.15, -0.1) is 0 Å². The second kappa shape index (κ2) is 6.77. The van der Waals surface area contributed by atoms with E-state index in [-0.39, 0.29) is 5.92 Å². The topological polar surface area (TPSA) is 33.0 Å². The third-order valence-electron chi connectivity index (χ3n) is 3.33. The van der Waals surface area contributed by atoms with E-state index >= 15 is 0 Å². The molecule has 1 unspecified atom stereocenters. The van der Waals surface area contributed by atoms with Gasteiger partial charge in [-0.05, 0) is 37.5 Å². The zero-order valence-electron chi connectivity index (χ0n) is 12.0. The molecule has 2 aromatic rings. The van der Waals surface area contributed by atoms with Crippen molar-refractivity contribution in [1.29, 1.82) is 5.26 Å². The summed E-state index contributed by atoms with van der Waals surface area (Å²) in [5, 5.41) is 9.44. The lowest BCUT2D eigenvalue weighted by atomic mass is 9.92. The van der Waals surface area contributed by atoms with Gasteiger partial charge in [-0.25, -0.2) is 0 Å². The average Bonchev–Trinajstić information content (AvgIpc) is 2.48. The number of ether oxygens (including phenoxy) is 1. The number of aryl methyl sites for hydroxylation is 1. The molecule has 1 atom stereocenters. The average molecular weight is 265 g/mol.